The molecule has 2 amide bonds. The molecular formula is C13H13N3O3S. The lowest BCUT2D eigenvalue weighted by Gasteiger charge is -2.17. The fourth-order valence-corrected chi connectivity index (χ4v) is 2.37. The molecule has 0 spiro atoms. The Balaban J connectivity index is 2.01. The molecule has 2 aromatic rings. The highest BCUT2D eigenvalue weighted by Gasteiger charge is 2.16. The molecular weight excluding hydrogens is 278 g/mol. The van der Waals surface area contributed by atoms with Crippen molar-refractivity contribution in [1.82, 2.24) is 9.88 Å². The van der Waals surface area contributed by atoms with Crippen LogP contribution in [-0.4, -0.2) is 34.0 Å². The lowest BCUT2D eigenvalue weighted by molar-refractivity contribution is 0.0698. The van der Waals surface area contributed by atoms with Gasteiger partial charge in [0, 0.05) is 26.0 Å². The van der Waals surface area contributed by atoms with Crippen LogP contribution in [0.1, 0.15) is 15.9 Å². The first kappa shape index (κ1) is 14.0. The highest BCUT2D eigenvalue weighted by atomic mass is 32.1. The number of thiophene rings is 1. The van der Waals surface area contributed by atoms with Gasteiger partial charge in [-0.2, -0.15) is 0 Å². The van der Waals surface area contributed by atoms with Crippen LogP contribution in [0, 0.1) is 0 Å². The van der Waals surface area contributed by atoms with Gasteiger partial charge in [-0.3, -0.25) is 10.3 Å². The van der Waals surface area contributed by atoms with E-state index in [0.29, 0.717) is 11.5 Å². The molecule has 0 aliphatic rings. The molecule has 0 aromatic carbocycles. The van der Waals surface area contributed by atoms with Gasteiger partial charge < -0.3 is 10.0 Å². The zero-order chi connectivity index (χ0) is 14.5. The second-order valence-corrected chi connectivity index (χ2v) is 5.03. The number of hydrogen-bond acceptors (Lipinski definition) is 4. The van der Waals surface area contributed by atoms with Gasteiger partial charge in [-0.25, -0.2) is 9.59 Å². The van der Waals surface area contributed by atoms with Gasteiger partial charge in [0.05, 0.1) is 5.56 Å². The second kappa shape index (κ2) is 6.16. The topological polar surface area (TPSA) is 82.5 Å². The molecule has 0 bridgehead atoms. The van der Waals surface area contributed by atoms with Gasteiger partial charge in [0.2, 0.25) is 0 Å². The SMILES string of the molecule is CN(Cc1cccnc1)C(=O)Nc1sccc1C(=O)O. The average Bonchev–Trinajstić information content (AvgIpc) is 2.88. The molecule has 2 rings (SSSR count). The summed E-state index contributed by atoms with van der Waals surface area (Å²) in [4.78, 5) is 28.4. The van der Waals surface area contributed by atoms with E-state index < -0.39 is 5.97 Å². The molecule has 0 saturated heterocycles. The van der Waals surface area contributed by atoms with Crippen LogP contribution in [0.15, 0.2) is 36.0 Å². The van der Waals surface area contributed by atoms with E-state index in [4.69, 9.17) is 5.11 Å². The van der Waals surface area contributed by atoms with Gasteiger partial charge in [-0.05, 0) is 23.1 Å². The minimum Gasteiger partial charge on any atom is -0.478 e. The zero-order valence-electron chi connectivity index (χ0n) is 10.7. The first-order valence-corrected chi connectivity index (χ1v) is 6.67. The van der Waals surface area contributed by atoms with Crippen LogP contribution in [0.4, 0.5) is 9.80 Å². The molecule has 0 aliphatic heterocycles. The molecule has 0 atom stereocenters. The molecule has 0 radical (unpaired) electrons. The fourth-order valence-electron chi connectivity index (χ4n) is 1.60. The van der Waals surface area contributed by atoms with Crippen LogP contribution < -0.4 is 5.32 Å². The molecule has 2 N–H and O–H groups in total. The fraction of sp³-hybridized carbons (Fsp3) is 0.154. The summed E-state index contributed by atoms with van der Waals surface area (Å²) in [5.74, 6) is -1.06. The van der Waals surface area contributed by atoms with Crippen LogP contribution in [0.3, 0.4) is 0 Å². The Kier molecular flexibility index (Phi) is 4.31. The van der Waals surface area contributed by atoms with Crippen LogP contribution in [0.25, 0.3) is 0 Å². The number of anilines is 1. The van der Waals surface area contributed by atoms with Gasteiger partial charge in [-0.15, -0.1) is 11.3 Å². The van der Waals surface area contributed by atoms with E-state index in [1.54, 1.807) is 30.9 Å². The number of aromatic nitrogens is 1. The predicted octanol–water partition coefficient (Wildman–Crippen LogP) is 2.51. The normalized spacial score (nSPS) is 10.1. The number of pyridine rings is 1. The van der Waals surface area contributed by atoms with Gasteiger partial charge in [0.25, 0.3) is 0 Å². The van der Waals surface area contributed by atoms with Crippen molar-refractivity contribution in [2.45, 2.75) is 6.54 Å². The molecule has 0 unspecified atom stereocenters. The molecule has 2 aromatic heterocycles. The van der Waals surface area contributed by atoms with Gasteiger partial charge in [-0.1, -0.05) is 6.07 Å². The van der Waals surface area contributed by atoms with E-state index in [2.05, 4.69) is 10.3 Å². The van der Waals surface area contributed by atoms with Gasteiger partial charge in [0.1, 0.15) is 5.00 Å². The highest BCUT2D eigenvalue weighted by molar-refractivity contribution is 7.14. The van der Waals surface area contributed by atoms with Gasteiger partial charge >= 0.3 is 12.0 Å². The molecule has 0 saturated carbocycles. The van der Waals surface area contributed by atoms with E-state index in [1.165, 1.54) is 22.3 Å². The summed E-state index contributed by atoms with van der Waals surface area (Å²) in [7, 11) is 1.64. The zero-order valence-corrected chi connectivity index (χ0v) is 11.6. The van der Waals surface area contributed by atoms with Crippen molar-refractivity contribution in [1.29, 1.82) is 0 Å². The third-order valence-corrected chi connectivity index (χ3v) is 3.44. The Labute approximate surface area is 119 Å². The number of aromatic carboxylic acids is 1. The Morgan fingerprint density at radius 2 is 2.25 bits per heavy atom. The summed E-state index contributed by atoms with van der Waals surface area (Å²) >= 11 is 1.18. The summed E-state index contributed by atoms with van der Waals surface area (Å²) in [5.41, 5.74) is 0.993. The van der Waals surface area contributed by atoms with Crippen molar-refractivity contribution in [2.75, 3.05) is 12.4 Å². The largest absolute Gasteiger partial charge is 0.478 e. The third kappa shape index (κ3) is 3.33. The first-order valence-electron chi connectivity index (χ1n) is 5.79. The lowest BCUT2D eigenvalue weighted by Crippen LogP contribution is -2.31. The number of hydrogen-bond donors (Lipinski definition) is 2. The lowest BCUT2D eigenvalue weighted by atomic mass is 10.3. The number of carbonyl (C=O) groups excluding carboxylic acids is 1. The predicted molar refractivity (Wildman–Crippen MR) is 76.0 cm³/mol. The number of carboxylic acid groups (broad SMARTS) is 1. The molecule has 0 fully saturated rings. The van der Waals surface area contributed by atoms with E-state index in [-0.39, 0.29) is 11.6 Å². The second-order valence-electron chi connectivity index (χ2n) is 4.12. The number of amides is 2. The number of urea groups is 1. The summed E-state index contributed by atoms with van der Waals surface area (Å²) in [6, 6.07) is 4.76. The van der Waals surface area contributed by atoms with Crippen molar-refractivity contribution in [3.05, 3.63) is 47.1 Å². The van der Waals surface area contributed by atoms with E-state index >= 15 is 0 Å². The Hall–Kier alpha value is -2.41. The first-order chi connectivity index (χ1) is 9.58. The summed E-state index contributed by atoms with van der Waals surface area (Å²) in [5, 5.41) is 13.5. The maximum absolute atomic E-state index is 12.0. The Morgan fingerprint density at radius 1 is 1.45 bits per heavy atom. The van der Waals surface area contributed by atoms with Crippen molar-refractivity contribution < 1.29 is 14.7 Å². The molecule has 0 aliphatic carbocycles. The monoisotopic (exact) mass is 291 g/mol. The van der Waals surface area contributed by atoms with Crippen LogP contribution in [-0.2, 0) is 6.54 Å². The standard InChI is InChI=1S/C13H13N3O3S/c1-16(8-9-3-2-5-14-7-9)13(19)15-11-10(12(17)18)4-6-20-11/h2-7H,8H2,1H3,(H,15,19)(H,17,18). The van der Waals surface area contributed by atoms with Gasteiger partial charge in [0.15, 0.2) is 0 Å². The minimum atomic E-state index is -1.06. The molecule has 2 heterocycles. The summed E-state index contributed by atoms with van der Waals surface area (Å²) in [6.45, 7) is 0.396. The van der Waals surface area contributed by atoms with Crippen molar-refractivity contribution in [3.63, 3.8) is 0 Å². The Bertz CT molecular complexity index is 612. The van der Waals surface area contributed by atoms with Crippen molar-refractivity contribution in [3.8, 4) is 0 Å². The van der Waals surface area contributed by atoms with E-state index in [9.17, 15) is 9.59 Å². The maximum atomic E-state index is 12.0. The third-order valence-electron chi connectivity index (χ3n) is 2.61. The van der Waals surface area contributed by atoms with E-state index in [0.717, 1.165) is 5.56 Å². The highest BCUT2D eigenvalue weighted by Crippen LogP contribution is 2.23. The Morgan fingerprint density at radius 3 is 2.90 bits per heavy atom. The van der Waals surface area contributed by atoms with Crippen LogP contribution in [0.5, 0.6) is 0 Å². The number of carbonyl (C=O) groups is 2. The number of carboxylic acids is 1. The number of rotatable bonds is 4. The van der Waals surface area contributed by atoms with Crippen LogP contribution in [0.2, 0.25) is 0 Å². The number of nitrogens with one attached hydrogen (secondary N) is 1. The summed E-state index contributed by atoms with van der Waals surface area (Å²) in [6.07, 6.45) is 3.34. The molecule has 104 valence electrons. The van der Waals surface area contributed by atoms with Crippen molar-refractivity contribution in [2.24, 2.45) is 0 Å². The molecule has 20 heavy (non-hydrogen) atoms. The minimum absolute atomic E-state index is 0.0955. The molecule has 7 heteroatoms. The smallest absolute Gasteiger partial charge is 0.338 e. The van der Waals surface area contributed by atoms with Crippen LogP contribution >= 0.6 is 11.3 Å². The quantitative estimate of drug-likeness (QED) is 0.906. The maximum Gasteiger partial charge on any atom is 0.338 e. The van der Waals surface area contributed by atoms with E-state index in [1.807, 2.05) is 6.07 Å². The van der Waals surface area contributed by atoms with Crippen molar-refractivity contribution >= 4 is 28.3 Å². The molecule has 6 nitrogen and oxygen atoms in total. The average molecular weight is 291 g/mol. The summed E-state index contributed by atoms with van der Waals surface area (Å²) < 4.78 is 0. The number of nitrogens with zero attached hydrogens (tertiary/aromatic N) is 2.